The Morgan fingerprint density at radius 3 is 2.64 bits per heavy atom. The molecule has 134 valence electrons. The molecule has 0 amide bonds. The lowest BCUT2D eigenvalue weighted by atomic mass is 10.0. The maximum atomic E-state index is 12.7. The number of halogens is 2. The summed E-state index contributed by atoms with van der Waals surface area (Å²) < 4.78 is 40.7. The average molecular weight is 369 g/mol. The summed E-state index contributed by atoms with van der Waals surface area (Å²) in [6, 6.07) is 7.02. The summed E-state index contributed by atoms with van der Waals surface area (Å²) in [5.74, 6) is -0.399. The van der Waals surface area contributed by atoms with E-state index < -0.39 is 12.4 Å². The van der Waals surface area contributed by atoms with Gasteiger partial charge >= 0.3 is 5.97 Å². The number of hydrogen-bond donors (Lipinski definition) is 0. The molecular weight excluding hydrogens is 352 g/mol. The molecule has 0 bridgehead atoms. The molecule has 8 heteroatoms. The van der Waals surface area contributed by atoms with Gasteiger partial charge in [-0.25, -0.2) is 18.6 Å². The van der Waals surface area contributed by atoms with E-state index in [0.29, 0.717) is 16.0 Å². The fourth-order valence-corrected chi connectivity index (χ4v) is 2.86. The molecule has 0 saturated heterocycles. The number of hydrogen-bond acceptors (Lipinski definition) is 6. The fourth-order valence-electron chi connectivity index (χ4n) is 2.13. The van der Waals surface area contributed by atoms with Crippen molar-refractivity contribution < 1.29 is 27.8 Å². The Labute approximate surface area is 147 Å². The molecule has 25 heavy (non-hydrogen) atoms. The topological polar surface area (TPSA) is 57.7 Å². The third-order valence-corrected chi connectivity index (χ3v) is 4.23. The van der Waals surface area contributed by atoms with Crippen LogP contribution in [0.15, 0.2) is 30.5 Å². The Kier molecular flexibility index (Phi) is 6.46. The third-order valence-electron chi connectivity index (χ3n) is 3.27. The summed E-state index contributed by atoms with van der Waals surface area (Å²) >= 11 is 0.893. The zero-order valence-corrected chi connectivity index (χ0v) is 14.7. The molecule has 0 radical (unpaired) electrons. The number of alkyl halides is 2. The van der Waals surface area contributed by atoms with E-state index in [1.54, 1.807) is 31.2 Å². The highest BCUT2D eigenvalue weighted by atomic mass is 32.1. The minimum atomic E-state index is -2.64. The van der Waals surface area contributed by atoms with Crippen LogP contribution < -0.4 is 4.74 Å². The van der Waals surface area contributed by atoms with E-state index in [9.17, 15) is 13.6 Å². The van der Waals surface area contributed by atoms with Crippen molar-refractivity contribution in [1.29, 1.82) is 0 Å². The van der Waals surface area contributed by atoms with Gasteiger partial charge < -0.3 is 14.2 Å². The van der Waals surface area contributed by atoms with Crippen LogP contribution in [-0.2, 0) is 20.9 Å². The normalized spacial score (nSPS) is 11.5. The molecule has 0 aliphatic heterocycles. The van der Waals surface area contributed by atoms with Crippen molar-refractivity contribution in [1.82, 2.24) is 4.98 Å². The summed E-state index contributed by atoms with van der Waals surface area (Å²) in [6.45, 7) is 1.72. The van der Waals surface area contributed by atoms with E-state index in [0.717, 1.165) is 11.3 Å². The van der Waals surface area contributed by atoms with E-state index in [2.05, 4.69) is 4.98 Å². The molecule has 2 rings (SSSR count). The van der Waals surface area contributed by atoms with Gasteiger partial charge in [-0.15, -0.1) is 11.3 Å². The fraction of sp³-hybridized carbons (Fsp3) is 0.294. The monoisotopic (exact) mass is 369 g/mol. The Balaban J connectivity index is 2.26. The molecule has 1 heterocycles. The van der Waals surface area contributed by atoms with Crippen LogP contribution >= 0.6 is 11.3 Å². The van der Waals surface area contributed by atoms with Crippen molar-refractivity contribution in [2.24, 2.45) is 0 Å². The van der Waals surface area contributed by atoms with E-state index in [1.165, 1.54) is 20.5 Å². The third kappa shape index (κ3) is 4.54. The van der Waals surface area contributed by atoms with Crippen LogP contribution in [0.5, 0.6) is 5.88 Å². The minimum absolute atomic E-state index is 0.0570. The van der Waals surface area contributed by atoms with Crippen molar-refractivity contribution in [2.45, 2.75) is 20.0 Å². The van der Waals surface area contributed by atoms with Crippen LogP contribution in [0.3, 0.4) is 0 Å². The van der Waals surface area contributed by atoms with Gasteiger partial charge in [-0.3, -0.25) is 0 Å². The second kappa shape index (κ2) is 8.57. The van der Waals surface area contributed by atoms with Gasteiger partial charge in [0.2, 0.25) is 5.88 Å². The number of carbonyl (C=O) groups excluding carboxylic acids is 1. The molecule has 5 nitrogen and oxygen atoms in total. The lowest BCUT2D eigenvalue weighted by Gasteiger charge is -2.12. The van der Waals surface area contributed by atoms with E-state index in [1.807, 2.05) is 0 Å². The predicted octanol–water partition coefficient (Wildman–Crippen LogP) is 4.13. The van der Waals surface area contributed by atoms with Crippen LogP contribution in [0.25, 0.3) is 5.57 Å². The number of aromatic nitrogens is 1. The maximum Gasteiger partial charge on any atom is 0.341 e. The molecule has 1 aromatic carbocycles. The summed E-state index contributed by atoms with van der Waals surface area (Å²) in [7, 11) is 2.70. The number of carbonyl (C=O) groups is 1. The van der Waals surface area contributed by atoms with E-state index in [-0.39, 0.29) is 23.1 Å². The van der Waals surface area contributed by atoms with Gasteiger partial charge in [-0.2, -0.15) is 0 Å². The van der Waals surface area contributed by atoms with Gasteiger partial charge in [0.25, 0.3) is 6.43 Å². The number of ether oxygens (including phenoxy) is 3. The highest BCUT2D eigenvalue weighted by molar-refractivity contribution is 7.11. The molecule has 0 fully saturated rings. The van der Waals surface area contributed by atoms with Crippen molar-refractivity contribution in [2.75, 3.05) is 14.2 Å². The smallest absolute Gasteiger partial charge is 0.341 e. The quantitative estimate of drug-likeness (QED) is 0.417. The van der Waals surface area contributed by atoms with E-state index >= 15 is 0 Å². The van der Waals surface area contributed by atoms with E-state index in [4.69, 9.17) is 14.2 Å². The number of nitrogens with zero attached hydrogens (tertiary/aromatic N) is 1. The van der Waals surface area contributed by atoms with Crippen molar-refractivity contribution in [3.63, 3.8) is 0 Å². The number of benzene rings is 1. The van der Waals surface area contributed by atoms with Crippen molar-refractivity contribution >= 4 is 22.9 Å². The highest BCUT2D eigenvalue weighted by Crippen LogP contribution is 2.31. The van der Waals surface area contributed by atoms with Crippen LogP contribution in [0.4, 0.5) is 8.78 Å². The second-order valence-electron chi connectivity index (χ2n) is 4.92. The number of methoxy groups -OCH3 is 2. The lowest BCUT2D eigenvalue weighted by molar-refractivity contribution is -0.133. The summed E-state index contributed by atoms with van der Waals surface area (Å²) in [4.78, 5) is 16.3. The second-order valence-corrected chi connectivity index (χ2v) is 6.15. The van der Waals surface area contributed by atoms with Crippen LogP contribution in [0, 0.1) is 6.92 Å². The molecule has 0 aliphatic rings. The minimum Gasteiger partial charge on any atom is -0.503 e. The van der Waals surface area contributed by atoms with Gasteiger partial charge in [-0.1, -0.05) is 24.3 Å². The molecule has 2 aromatic rings. The summed E-state index contributed by atoms with van der Waals surface area (Å²) in [6.07, 6.45) is -1.35. The zero-order valence-electron chi connectivity index (χ0n) is 13.9. The number of esters is 1. The SMILES string of the molecule is COC=C(C(=O)OC)c1ccccc1COc1nc(C(F)F)sc1C. The first kappa shape index (κ1) is 18.9. The Morgan fingerprint density at radius 2 is 2.04 bits per heavy atom. The highest BCUT2D eigenvalue weighted by Gasteiger charge is 2.19. The van der Waals surface area contributed by atoms with Gasteiger partial charge in [0.1, 0.15) is 12.2 Å². The molecule has 0 saturated carbocycles. The molecule has 0 aliphatic carbocycles. The summed E-state index contributed by atoms with van der Waals surface area (Å²) in [5, 5.41) is -0.282. The van der Waals surface area contributed by atoms with Crippen molar-refractivity contribution in [3.8, 4) is 5.88 Å². The van der Waals surface area contributed by atoms with Crippen molar-refractivity contribution in [3.05, 3.63) is 51.5 Å². The Hall–Kier alpha value is -2.48. The Bertz CT molecular complexity index is 774. The first-order valence-corrected chi connectivity index (χ1v) is 8.07. The Morgan fingerprint density at radius 1 is 1.32 bits per heavy atom. The molecule has 0 spiro atoms. The lowest BCUT2D eigenvalue weighted by Crippen LogP contribution is -2.08. The first-order valence-electron chi connectivity index (χ1n) is 7.25. The average Bonchev–Trinajstić information content (AvgIpc) is 2.99. The van der Waals surface area contributed by atoms with Gasteiger partial charge in [0.15, 0.2) is 5.01 Å². The van der Waals surface area contributed by atoms with Gasteiger partial charge in [0.05, 0.1) is 25.4 Å². The first-order chi connectivity index (χ1) is 12.0. The molecule has 1 aromatic heterocycles. The molecular formula is C17H17F2NO4S. The largest absolute Gasteiger partial charge is 0.503 e. The summed E-state index contributed by atoms with van der Waals surface area (Å²) in [5.41, 5.74) is 1.47. The molecule has 0 atom stereocenters. The predicted molar refractivity (Wildman–Crippen MR) is 89.6 cm³/mol. The number of rotatable bonds is 7. The van der Waals surface area contributed by atoms with Gasteiger partial charge in [-0.05, 0) is 18.1 Å². The standard InChI is InChI=1S/C17H17F2NO4S/c1-10-15(20-16(25-10)14(18)19)24-8-11-6-4-5-7-12(11)13(9-22-2)17(21)23-3/h4-7,9,14H,8H2,1-3H3. The van der Waals surface area contributed by atoms with Gasteiger partial charge in [0, 0.05) is 0 Å². The number of aryl methyl sites for hydroxylation is 1. The maximum absolute atomic E-state index is 12.7. The van der Waals surface area contributed by atoms with Crippen LogP contribution in [0.1, 0.15) is 27.4 Å². The zero-order chi connectivity index (χ0) is 18.4. The van der Waals surface area contributed by atoms with Crippen LogP contribution in [0.2, 0.25) is 0 Å². The number of thiazole rings is 1. The molecule has 0 N–H and O–H groups in total. The molecule has 0 unspecified atom stereocenters. The van der Waals surface area contributed by atoms with Crippen LogP contribution in [-0.4, -0.2) is 25.2 Å².